The Labute approximate surface area is 188 Å². The molecule has 4 aromatic rings. The number of aromatic hydroxyl groups is 1. The molecule has 32 heavy (non-hydrogen) atoms. The quantitative estimate of drug-likeness (QED) is 0.295. The lowest BCUT2D eigenvalue weighted by Crippen LogP contribution is -2.10. The van der Waals surface area contributed by atoms with E-state index >= 15 is 0 Å². The van der Waals surface area contributed by atoms with E-state index < -0.39 is 0 Å². The summed E-state index contributed by atoms with van der Waals surface area (Å²) >= 11 is 0. The van der Waals surface area contributed by atoms with E-state index in [0.29, 0.717) is 28.8 Å². The van der Waals surface area contributed by atoms with Crippen molar-refractivity contribution in [2.45, 2.75) is 19.9 Å². The number of ketones is 1. The lowest BCUT2D eigenvalue weighted by molar-refractivity contribution is 0.0988. The lowest BCUT2D eigenvalue weighted by Gasteiger charge is -2.11. The van der Waals surface area contributed by atoms with Crippen LogP contribution in [0.2, 0.25) is 0 Å². The SMILES string of the molecule is CCC(=O)c1ccc2c(C(=Nc3cccc(CN(C)C)c3)c3ccccc3)c(O)[nH]c2c1. The summed E-state index contributed by atoms with van der Waals surface area (Å²) in [6.07, 6.45) is 0.436. The number of aromatic nitrogens is 1. The van der Waals surface area contributed by atoms with Gasteiger partial charge in [-0.25, -0.2) is 4.99 Å². The number of nitrogens with one attached hydrogen (secondary N) is 1. The molecule has 0 bridgehead atoms. The van der Waals surface area contributed by atoms with Crippen molar-refractivity contribution < 1.29 is 9.90 Å². The number of hydrogen-bond donors (Lipinski definition) is 2. The Hall–Kier alpha value is -3.70. The Morgan fingerprint density at radius 2 is 1.75 bits per heavy atom. The third kappa shape index (κ3) is 4.48. The van der Waals surface area contributed by atoms with Gasteiger partial charge >= 0.3 is 0 Å². The topological polar surface area (TPSA) is 68.7 Å². The molecule has 0 aliphatic rings. The van der Waals surface area contributed by atoms with Gasteiger partial charge < -0.3 is 15.0 Å². The van der Waals surface area contributed by atoms with Gasteiger partial charge in [-0.1, -0.05) is 61.5 Å². The minimum atomic E-state index is 0.0353. The monoisotopic (exact) mass is 425 g/mol. The van der Waals surface area contributed by atoms with E-state index in [1.807, 2.05) is 75.6 Å². The van der Waals surface area contributed by atoms with Crippen LogP contribution in [-0.2, 0) is 6.54 Å². The van der Waals surface area contributed by atoms with Crippen LogP contribution in [0.25, 0.3) is 10.9 Å². The molecule has 0 amide bonds. The summed E-state index contributed by atoms with van der Waals surface area (Å²) in [6.45, 7) is 2.66. The highest BCUT2D eigenvalue weighted by atomic mass is 16.3. The van der Waals surface area contributed by atoms with Gasteiger partial charge in [0.1, 0.15) is 0 Å². The molecule has 5 nitrogen and oxygen atoms in total. The number of benzene rings is 3. The fourth-order valence-corrected chi connectivity index (χ4v) is 3.88. The first-order chi connectivity index (χ1) is 15.5. The zero-order valence-electron chi connectivity index (χ0n) is 18.6. The van der Waals surface area contributed by atoms with E-state index in [-0.39, 0.29) is 11.7 Å². The van der Waals surface area contributed by atoms with Crippen LogP contribution in [0.3, 0.4) is 0 Å². The van der Waals surface area contributed by atoms with E-state index in [1.54, 1.807) is 6.07 Å². The van der Waals surface area contributed by atoms with Crippen LogP contribution in [0.5, 0.6) is 5.88 Å². The van der Waals surface area contributed by atoms with Gasteiger partial charge in [-0.2, -0.15) is 0 Å². The zero-order chi connectivity index (χ0) is 22.7. The number of aliphatic imine (C=N–C) groups is 1. The van der Waals surface area contributed by atoms with Crippen LogP contribution in [0.4, 0.5) is 5.69 Å². The van der Waals surface area contributed by atoms with E-state index in [2.05, 4.69) is 22.0 Å². The molecule has 2 N–H and O–H groups in total. The maximum absolute atomic E-state index is 12.2. The molecule has 0 radical (unpaired) electrons. The van der Waals surface area contributed by atoms with Gasteiger partial charge in [0.2, 0.25) is 0 Å². The molecule has 5 heteroatoms. The zero-order valence-corrected chi connectivity index (χ0v) is 18.6. The third-order valence-electron chi connectivity index (χ3n) is 5.36. The smallest absolute Gasteiger partial charge is 0.199 e. The van der Waals surface area contributed by atoms with Gasteiger partial charge in [0, 0.05) is 35.0 Å². The van der Waals surface area contributed by atoms with Gasteiger partial charge in [0.05, 0.1) is 17.0 Å². The fraction of sp³-hybridized carbons (Fsp3) is 0.185. The molecule has 0 spiro atoms. The number of H-pyrrole nitrogens is 1. The van der Waals surface area contributed by atoms with Gasteiger partial charge in [-0.15, -0.1) is 0 Å². The van der Waals surface area contributed by atoms with Crippen LogP contribution in [0.15, 0.2) is 77.8 Å². The Kier molecular flexibility index (Phi) is 6.19. The lowest BCUT2D eigenvalue weighted by atomic mass is 9.99. The van der Waals surface area contributed by atoms with Crippen molar-refractivity contribution in [3.63, 3.8) is 0 Å². The van der Waals surface area contributed by atoms with Crippen LogP contribution in [-0.4, -0.2) is 40.6 Å². The van der Waals surface area contributed by atoms with Crippen molar-refractivity contribution >= 4 is 28.1 Å². The molecule has 0 saturated heterocycles. The van der Waals surface area contributed by atoms with Gasteiger partial charge in [0.15, 0.2) is 11.7 Å². The fourth-order valence-electron chi connectivity index (χ4n) is 3.88. The van der Waals surface area contributed by atoms with E-state index in [0.717, 1.165) is 28.7 Å². The summed E-state index contributed by atoms with van der Waals surface area (Å²) in [5, 5.41) is 11.7. The van der Waals surface area contributed by atoms with Gasteiger partial charge in [0.25, 0.3) is 0 Å². The number of nitrogens with zero attached hydrogens (tertiary/aromatic N) is 2. The number of fused-ring (bicyclic) bond motifs is 1. The number of rotatable bonds is 7. The molecule has 1 heterocycles. The summed E-state index contributed by atoms with van der Waals surface area (Å²) in [5.41, 5.74) is 5.51. The van der Waals surface area contributed by atoms with E-state index in [9.17, 15) is 9.90 Å². The van der Waals surface area contributed by atoms with Crippen LogP contribution in [0.1, 0.15) is 40.4 Å². The van der Waals surface area contributed by atoms with Gasteiger partial charge in [-0.05, 0) is 37.9 Å². The standard InChI is InChI=1S/C27H27N3O2/c1-4-24(31)20-13-14-22-23(16-20)29-27(32)25(22)26(19-10-6-5-7-11-19)28-21-12-8-9-18(15-21)17-30(2)3/h5-16,29,32H,4,17H2,1-3H3. The highest BCUT2D eigenvalue weighted by Gasteiger charge is 2.19. The van der Waals surface area contributed by atoms with Crippen LogP contribution >= 0.6 is 0 Å². The van der Waals surface area contributed by atoms with Crippen molar-refractivity contribution in [1.82, 2.24) is 9.88 Å². The number of carbonyl (C=O) groups is 1. The second kappa shape index (κ2) is 9.20. The largest absolute Gasteiger partial charge is 0.494 e. The molecule has 0 atom stereocenters. The molecule has 4 rings (SSSR count). The average molecular weight is 426 g/mol. The number of aromatic amines is 1. The summed E-state index contributed by atoms with van der Waals surface area (Å²) in [7, 11) is 4.07. The molecular weight excluding hydrogens is 398 g/mol. The van der Waals surface area contributed by atoms with Crippen molar-refractivity contribution in [2.24, 2.45) is 4.99 Å². The number of carbonyl (C=O) groups excluding carboxylic acids is 1. The summed E-state index contributed by atoms with van der Waals surface area (Å²) in [5.74, 6) is 0.102. The molecule has 3 aromatic carbocycles. The number of Topliss-reactive ketones (excluding diaryl/α,β-unsaturated/α-hetero) is 1. The molecule has 0 fully saturated rings. The highest BCUT2D eigenvalue weighted by Crippen LogP contribution is 2.32. The summed E-state index contributed by atoms with van der Waals surface area (Å²) in [4.78, 5) is 22.3. The molecule has 0 unspecified atom stereocenters. The Balaban J connectivity index is 1.89. The van der Waals surface area contributed by atoms with E-state index in [1.165, 1.54) is 0 Å². The van der Waals surface area contributed by atoms with E-state index in [4.69, 9.17) is 4.99 Å². The van der Waals surface area contributed by atoms with Gasteiger partial charge in [-0.3, -0.25) is 4.79 Å². The maximum atomic E-state index is 12.2. The summed E-state index contributed by atoms with van der Waals surface area (Å²) < 4.78 is 0. The normalized spacial score (nSPS) is 11.9. The predicted molar refractivity (Wildman–Crippen MR) is 130 cm³/mol. The first-order valence-corrected chi connectivity index (χ1v) is 10.7. The minimum Gasteiger partial charge on any atom is -0.494 e. The number of hydrogen-bond acceptors (Lipinski definition) is 4. The Morgan fingerprint density at radius 1 is 0.969 bits per heavy atom. The highest BCUT2D eigenvalue weighted by molar-refractivity contribution is 6.22. The van der Waals surface area contributed by atoms with Crippen molar-refractivity contribution in [1.29, 1.82) is 0 Å². The van der Waals surface area contributed by atoms with Crippen molar-refractivity contribution in [3.05, 3.63) is 95.1 Å². The first-order valence-electron chi connectivity index (χ1n) is 10.7. The minimum absolute atomic E-state index is 0.0353. The molecule has 0 aliphatic carbocycles. The second-order valence-electron chi connectivity index (χ2n) is 8.12. The molecule has 1 aromatic heterocycles. The molecule has 0 saturated carbocycles. The van der Waals surface area contributed by atoms with Crippen LogP contribution in [0, 0.1) is 0 Å². The Bertz CT molecular complexity index is 1290. The first kappa shape index (κ1) is 21.5. The molecular formula is C27H27N3O2. The van der Waals surface area contributed by atoms with Crippen LogP contribution < -0.4 is 0 Å². The van der Waals surface area contributed by atoms with Crippen molar-refractivity contribution in [3.8, 4) is 5.88 Å². The predicted octanol–water partition coefficient (Wildman–Crippen LogP) is 5.70. The molecule has 162 valence electrons. The average Bonchev–Trinajstić information content (AvgIpc) is 3.12. The van der Waals surface area contributed by atoms with Crippen molar-refractivity contribution in [2.75, 3.05) is 14.1 Å². The summed E-state index contributed by atoms with van der Waals surface area (Å²) in [6, 6.07) is 23.4. The second-order valence-corrected chi connectivity index (χ2v) is 8.12. The molecule has 0 aliphatic heterocycles. The Morgan fingerprint density at radius 3 is 2.47 bits per heavy atom. The maximum Gasteiger partial charge on any atom is 0.199 e. The third-order valence-corrected chi connectivity index (χ3v) is 5.36.